The van der Waals surface area contributed by atoms with Crippen LogP contribution < -0.4 is 10.3 Å². The number of benzene rings is 1. The number of aromatic amines is 1. The predicted octanol–water partition coefficient (Wildman–Crippen LogP) is 6.16. The number of aryl methyl sites for hydroxylation is 2. The third-order valence-electron chi connectivity index (χ3n) is 3.95. The molecule has 0 bridgehead atoms. The average Bonchev–Trinajstić information content (AvgIpc) is 3.24. The van der Waals surface area contributed by atoms with Crippen LogP contribution in [0.15, 0.2) is 70.3 Å². The summed E-state index contributed by atoms with van der Waals surface area (Å²) in [5.41, 5.74) is 2.06. The second kappa shape index (κ2) is 15.9. The number of hydrogen-bond donors (Lipinski definition) is 1. The molecule has 0 radical (unpaired) electrons. The van der Waals surface area contributed by atoms with E-state index in [1.165, 1.54) is 50.3 Å². The number of alkyl halides is 2. The maximum atomic E-state index is 11.6. The molecule has 1 N–H and O–H groups in total. The Morgan fingerprint density at radius 2 is 1.77 bits per heavy atom. The number of hydrogen-bond acceptors (Lipinski definition) is 4. The Labute approximate surface area is 176 Å². The number of nitrogens with one attached hydrogen (secondary N) is 1. The van der Waals surface area contributed by atoms with Gasteiger partial charge in [-0.05, 0) is 38.0 Å². The van der Waals surface area contributed by atoms with Crippen LogP contribution in [0.1, 0.15) is 50.3 Å². The van der Waals surface area contributed by atoms with Crippen LogP contribution in [-0.4, -0.2) is 16.8 Å². The summed E-state index contributed by atoms with van der Waals surface area (Å²) in [6.45, 7) is 1.38. The Hall–Kier alpha value is -2.96. The first kappa shape index (κ1) is 25.1. The van der Waals surface area contributed by atoms with Crippen molar-refractivity contribution < 1.29 is 18.0 Å². The number of pyridine rings is 1. The second-order valence-corrected chi connectivity index (χ2v) is 6.57. The molecule has 3 rings (SSSR count). The van der Waals surface area contributed by atoms with Crippen LogP contribution in [-0.2, 0) is 6.42 Å². The first-order chi connectivity index (χ1) is 14.5. The number of H-pyrrole nitrogens is 1. The van der Waals surface area contributed by atoms with E-state index in [0.717, 1.165) is 17.7 Å². The summed E-state index contributed by atoms with van der Waals surface area (Å²) < 4.78 is 32.1. The fourth-order valence-electron chi connectivity index (χ4n) is 2.37. The molecule has 0 aliphatic heterocycles. The summed E-state index contributed by atoms with van der Waals surface area (Å²) in [6, 6.07) is 13.3. The lowest BCUT2D eigenvalue weighted by atomic mass is 10.1. The number of ether oxygens (including phenoxy) is 1. The highest BCUT2D eigenvalue weighted by molar-refractivity contribution is 5.26. The summed E-state index contributed by atoms with van der Waals surface area (Å²) in [4.78, 5) is 12.7. The van der Waals surface area contributed by atoms with E-state index < -0.39 is 6.61 Å². The molecule has 164 valence electrons. The topological polar surface area (TPSA) is 68.1 Å². The van der Waals surface area contributed by atoms with Gasteiger partial charge in [0.15, 0.2) is 0 Å². The molecule has 1 aromatic carbocycles. The van der Waals surface area contributed by atoms with E-state index >= 15 is 0 Å². The second-order valence-electron chi connectivity index (χ2n) is 6.57. The minimum Gasteiger partial charge on any atom is -0.435 e. The molecule has 0 aliphatic carbocycles. The van der Waals surface area contributed by atoms with E-state index in [1.54, 1.807) is 36.7 Å². The predicted molar refractivity (Wildman–Crippen MR) is 114 cm³/mol. The number of unbranched alkanes of at least 4 members (excludes halogenated alkanes) is 4. The minimum absolute atomic E-state index is 0.0532. The van der Waals surface area contributed by atoms with Crippen molar-refractivity contribution in [2.75, 3.05) is 0 Å². The monoisotopic (exact) mass is 420 g/mol. The summed E-state index contributed by atoms with van der Waals surface area (Å²) in [6.07, 6.45) is 10.9. The quantitative estimate of drug-likeness (QED) is 0.443. The van der Waals surface area contributed by atoms with Gasteiger partial charge < -0.3 is 14.2 Å². The van der Waals surface area contributed by atoms with Crippen molar-refractivity contribution in [3.05, 3.63) is 82.6 Å². The normalized spacial score (nSPS) is 9.90. The fourth-order valence-corrected chi connectivity index (χ4v) is 2.37. The van der Waals surface area contributed by atoms with Crippen molar-refractivity contribution in [1.82, 2.24) is 10.1 Å². The highest BCUT2D eigenvalue weighted by Crippen LogP contribution is 2.13. The van der Waals surface area contributed by atoms with Crippen molar-refractivity contribution in [3.63, 3.8) is 0 Å². The highest BCUT2D eigenvalue weighted by Gasteiger charge is 2.02. The van der Waals surface area contributed by atoms with E-state index in [2.05, 4.69) is 21.8 Å². The lowest BCUT2D eigenvalue weighted by Crippen LogP contribution is -2.01. The summed E-state index contributed by atoms with van der Waals surface area (Å²) in [5.74, 6) is 0.200. The summed E-state index contributed by atoms with van der Waals surface area (Å²) in [5, 5.41) is 3.86. The van der Waals surface area contributed by atoms with Gasteiger partial charge in [-0.15, -0.1) is 0 Å². The van der Waals surface area contributed by atoms with Crippen LogP contribution in [0.2, 0.25) is 0 Å². The van der Waals surface area contributed by atoms with Crippen molar-refractivity contribution in [2.24, 2.45) is 0 Å². The molecule has 3 aromatic rings. The number of nitrogens with zero attached hydrogens (tertiary/aromatic N) is 1. The maximum absolute atomic E-state index is 11.6. The smallest absolute Gasteiger partial charge is 0.387 e. The van der Waals surface area contributed by atoms with Gasteiger partial charge >= 0.3 is 6.61 Å². The zero-order chi connectivity index (χ0) is 22.0. The maximum Gasteiger partial charge on any atom is 0.387 e. The van der Waals surface area contributed by atoms with Gasteiger partial charge in [-0.25, -0.2) is 0 Å². The van der Waals surface area contributed by atoms with E-state index in [9.17, 15) is 13.6 Å². The standard InChI is InChI=1S/C10H17NO.C8H8F2O.C5H5NO/c1-2-3-4-5-6-7-10-8-9-12-11-10;1-6-2-4-7(5-3-6)11-8(9)10;7-5-3-1-2-4-6-5/h8-9H,2-7H2,1H3;2-5,8H,1H3;1-4H,(H,6,7). The summed E-state index contributed by atoms with van der Waals surface area (Å²) >= 11 is 0. The fraction of sp³-hybridized carbons (Fsp3) is 0.391. The molecule has 7 heteroatoms. The van der Waals surface area contributed by atoms with Crippen LogP contribution in [0.5, 0.6) is 5.75 Å². The van der Waals surface area contributed by atoms with E-state index in [0.29, 0.717) is 0 Å². The van der Waals surface area contributed by atoms with Gasteiger partial charge in [0.05, 0.1) is 5.69 Å². The highest BCUT2D eigenvalue weighted by atomic mass is 19.3. The summed E-state index contributed by atoms with van der Waals surface area (Å²) in [7, 11) is 0. The third-order valence-corrected chi connectivity index (χ3v) is 3.95. The Bertz CT molecular complexity index is 801. The molecule has 0 aliphatic rings. The van der Waals surface area contributed by atoms with Gasteiger partial charge in [0.25, 0.3) is 0 Å². The molecular weight excluding hydrogens is 390 g/mol. The first-order valence-corrected chi connectivity index (χ1v) is 10.1. The molecule has 0 saturated heterocycles. The van der Waals surface area contributed by atoms with Crippen molar-refractivity contribution in [2.45, 2.75) is 59.0 Å². The van der Waals surface area contributed by atoms with Gasteiger partial charge in [-0.2, -0.15) is 8.78 Å². The average molecular weight is 421 g/mol. The Balaban J connectivity index is 0.000000232. The Morgan fingerprint density at radius 1 is 1.03 bits per heavy atom. The van der Waals surface area contributed by atoms with Gasteiger partial charge in [0.1, 0.15) is 12.0 Å². The molecule has 0 saturated carbocycles. The molecular formula is C23H30F2N2O3. The number of aromatic nitrogens is 2. The van der Waals surface area contributed by atoms with Crippen molar-refractivity contribution in [3.8, 4) is 5.75 Å². The zero-order valence-corrected chi connectivity index (χ0v) is 17.5. The molecule has 0 fully saturated rings. The van der Waals surface area contributed by atoms with Gasteiger partial charge in [0.2, 0.25) is 5.56 Å². The van der Waals surface area contributed by atoms with Crippen LogP contribution in [0.4, 0.5) is 8.78 Å². The van der Waals surface area contributed by atoms with Crippen LogP contribution in [0.25, 0.3) is 0 Å². The van der Waals surface area contributed by atoms with Crippen LogP contribution in [0, 0.1) is 6.92 Å². The van der Waals surface area contributed by atoms with E-state index in [1.807, 2.05) is 13.0 Å². The molecule has 5 nitrogen and oxygen atoms in total. The van der Waals surface area contributed by atoms with Gasteiger partial charge in [-0.1, -0.05) is 61.5 Å². The SMILES string of the molecule is CCCCCCCc1ccon1.Cc1ccc(OC(F)F)cc1.O=c1cccc[nH]1. The number of halogens is 2. The van der Waals surface area contributed by atoms with E-state index in [4.69, 9.17) is 4.52 Å². The molecule has 0 unspecified atom stereocenters. The third kappa shape index (κ3) is 13.3. The first-order valence-electron chi connectivity index (χ1n) is 10.1. The molecule has 2 heterocycles. The van der Waals surface area contributed by atoms with Gasteiger partial charge in [0, 0.05) is 18.3 Å². The molecule has 0 amide bonds. The number of rotatable bonds is 8. The van der Waals surface area contributed by atoms with Crippen molar-refractivity contribution in [1.29, 1.82) is 0 Å². The lowest BCUT2D eigenvalue weighted by molar-refractivity contribution is -0.0498. The van der Waals surface area contributed by atoms with Crippen LogP contribution >= 0.6 is 0 Å². The Morgan fingerprint density at radius 3 is 2.27 bits per heavy atom. The zero-order valence-electron chi connectivity index (χ0n) is 17.5. The molecule has 2 aromatic heterocycles. The minimum atomic E-state index is -2.74. The van der Waals surface area contributed by atoms with Crippen molar-refractivity contribution >= 4 is 0 Å². The largest absolute Gasteiger partial charge is 0.435 e. The molecule has 0 atom stereocenters. The van der Waals surface area contributed by atoms with Crippen LogP contribution in [0.3, 0.4) is 0 Å². The van der Waals surface area contributed by atoms with E-state index in [-0.39, 0.29) is 11.3 Å². The lowest BCUT2D eigenvalue weighted by Gasteiger charge is -2.02. The molecule has 0 spiro atoms. The molecule has 30 heavy (non-hydrogen) atoms. The van der Waals surface area contributed by atoms with Gasteiger partial charge in [-0.3, -0.25) is 4.79 Å². The Kier molecular flexibility index (Phi) is 13.3.